The van der Waals surface area contributed by atoms with Gasteiger partial charge < -0.3 is 0 Å². The molecule has 0 atom stereocenters. The molecule has 0 unspecified atom stereocenters. The van der Waals surface area contributed by atoms with E-state index in [0.717, 1.165) is 4.48 Å². The molecule has 2 aromatic carbocycles. The van der Waals surface area contributed by atoms with Gasteiger partial charge in [-0.15, -0.1) is 0 Å². The third-order valence-corrected chi connectivity index (χ3v) is 4.82. The molecule has 1 heteroatoms. The van der Waals surface area contributed by atoms with Gasteiger partial charge in [0.25, 0.3) is 0 Å². The summed E-state index contributed by atoms with van der Waals surface area (Å²) in [6.07, 6.45) is 0. The van der Waals surface area contributed by atoms with Crippen molar-refractivity contribution in [3.63, 3.8) is 0 Å². The van der Waals surface area contributed by atoms with E-state index >= 15 is 0 Å². The van der Waals surface area contributed by atoms with Gasteiger partial charge >= 0.3 is 0 Å². The SMILES string of the molecule is Cc1cc(C)c([N+](c2ccccc2)(C(C)C)C(C)C)c(C)c1. The first-order valence-electron chi connectivity index (χ1n) is 8.34. The lowest BCUT2D eigenvalue weighted by Crippen LogP contribution is -2.55. The number of aryl methyl sites for hydroxylation is 3. The molecule has 0 saturated carbocycles. The Labute approximate surface area is 136 Å². The number of hydrogen-bond donors (Lipinski definition) is 0. The molecule has 0 bridgehead atoms. The smallest absolute Gasteiger partial charge is 0.144 e. The van der Waals surface area contributed by atoms with Gasteiger partial charge in [-0.05, 0) is 60.6 Å². The fourth-order valence-corrected chi connectivity index (χ4v) is 4.27. The second-order valence-electron chi connectivity index (χ2n) is 7.05. The summed E-state index contributed by atoms with van der Waals surface area (Å²) in [7, 11) is 0. The van der Waals surface area contributed by atoms with Gasteiger partial charge in [0.15, 0.2) is 0 Å². The van der Waals surface area contributed by atoms with Gasteiger partial charge in [0.05, 0.1) is 12.1 Å². The molecular weight excluding hydrogens is 266 g/mol. The lowest BCUT2D eigenvalue weighted by atomic mass is 9.96. The zero-order valence-electron chi connectivity index (χ0n) is 15.1. The van der Waals surface area contributed by atoms with Crippen molar-refractivity contribution in [3.8, 4) is 0 Å². The molecular formula is C21H30N+. The Balaban J connectivity index is 2.87. The van der Waals surface area contributed by atoms with E-state index in [0.29, 0.717) is 12.1 Å². The highest BCUT2D eigenvalue weighted by Gasteiger charge is 2.42. The van der Waals surface area contributed by atoms with Crippen molar-refractivity contribution in [2.24, 2.45) is 0 Å². The molecule has 0 radical (unpaired) electrons. The lowest BCUT2D eigenvalue weighted by molar-refractivity contribution is 0.263. The van der Waals surface area contributed by atoms with Crippen molar-refractivity contribution in [1.29, 1.82) is 0 Å². The van der Waals surface area contributed by atoms with Gasteiger partial charge in [-0.3, -0.25) is 4.48 Å². The molecule has 0 saturated heterocycles. The summed E-state index contributed by atoms with van der Waals surface area (Å²) in [5.74, 6) is 0. The summed E-state index contributed by atoms with van der Waals surface area (Å²) in [4.78, 5) is 0. The summed E-state index contributed by atoms with van der Waals surface area (Å²) in [6, 6.07) is 16.6. The van der Waals surface area contributed by atoms with E-state index in [1.54, 1.807) is 0 Å². The average Bonchev–Trinajstić information content (AvgIpc) is 2.42. The Bertz CT molecular complexity index is 607. The van der Waals surface area contributed by atoms with E-state index in [2.05, 4.69) is 90.9 Å². The van der Waals surface area contributed by atoms with Crippen LogP contribution in [0.4, 0.5) is 11.4 Å². The zero-order valence-corrected chi connectivity index (χ0v) is 15.1. The predicted octanol–water partition coefficient (Wildman–Crippen LogP) is 6.07. The molecule has 1 nitrogen and oxygen atoms in total. The number of benzene rings is 2. The summed E-state index contributed by atoms with van der Waals surface area (Å²) >= 11 is 0. The van der Waals surface area contributed by atoms with Crippen LogP contribution in [0.1, 0.15) is 44.4 Å². The van der Waals surface area contributed by atoms with E-state index in [4.69, 9.17) is 0 Å². The molecule has 0 aliphatic carbocycles. The number of hydrogen-bond acceptors (Lipinski definition) is 0. The molecule has 0 aliphatic rings. The monoisotopic (exact) mass is 296 g/mol. The highest BCUT2D eigenvalue weighted by Crippen LogP contribution is 2.44. The fourth-order valence-electron chi connectivity index (χ4n) is 4.27. The van der Waals surface area contributed by atoms with Crippen molar-refractivity contribution in [2.45, 2.75) is 60.5 Å². The van der Waals surface area contributed by atoms with Crippen LogP contribution in [0.15, 0.2) is 42.5 Å². The van der Waals surface area contributed by atoms with Crippen molar-refractivity contribution < 1.29 is 0 Å². The maximum absolute atomic E-state index is 2.34. The normalized spacial score (nSPS) is 12.2. The maximum atomic E-state index is 2.34. The van der Waals surface area contributed by atoms with Gasteiger partial charge in [-0.1, -0.05) is 35.9 Å². The van der Waals surface area contributed by atoms with E-state index < -0.39 is 0 Å². The van der Waals surface area contributed by atoms with Crippen LogP contribution in [0.5, 0.6) is 0 Å². The maximum Gasteiger partial charge on any atom is 0.144 e. The van der Waals surface area contributed by atoms with Gasteiger partial charge in [0.2, 0.25) is 0 Å². The van der Waals surface area contributed by atoms with Gasteiger partial charge in [0.1, 0.15) is 11.4 Å². The van der Waals surface area contributed by atoms with E-state index in [9.17, 15) is 0 Å². The molecule has 0 aromatic heterocycles. The van der Waals surface area contributed by atoms with Gasteiger partial charge in [0, 0.05) is 11.1 Å². The van der Waals surface area contributed by atoms with Crippen molar-refractivity contribution >= 4 is 11.4 Å². The van der Waals surface area contributed by atoms with Crippen molar-refractivity contribution in [3.05, 3.63) is 59.2 Å². The molecule has 2 aromatic rings. The Morgan fingerprint density at radius 2 is 1.18 bits per heavy atom. The minimum atomic E-state index is 0.475. The van der Waals surface area contributed by atoms with Gasteiger partial charge in [-0.2, -0.15) is 0 Å². The highest BCUT2D eigenvalue weighted by molar-refractivity contribution is 5.67. The van der Waals surface area contributed by atoms with Crippen LogP contribution in [-0.2, 0) is 0 Å². The topological polar surface area (TPSA) is 0 Å². The van der Waals surface area contributed by atoms with Crippen LogP contribution >= 0.6 is 0 Å². The third kappa shape index (κ3) is 2.59. The summed E-state index contributed by atoms with van der Waals surface area (Å²) < 4.78 is 0.902. The standard InChI is InChI=1S/C21H30N/c1-15(2)22(16(3)4,20-11-9-8-10-12-20)21-18(6)13-17(5)14-19(21)7/h8-16H,1-7H3/q+1. The molecule has 0 heterocycles. The van der Waals surface area contributed by atoms with Crippen LogP contribution in [0, 0.1) is 20.8 Å². The minimum Gasteiger partial charge on any atom is -0.254 e. The first-order valence-corrected chi connectivity index (χ1v) is 8.34. The third-order valence-electron chi connectivity index (χ3n) is 4.82. The van der Waals surface area contributed by atoms with Crippen LogP contribution in [0.3, 0.4) is 0 Å². The molecule has 0 spiro atoms. The largest absolute Gasteiger partial charge is 0.254 e. The molecule has 0 amide bonds. The van der Waals surface area contributed by atoms with Crippen LogP contribution in [0.25, 0.3) is 0 Å². The fraction of sp³-hybridized carbons (Fsp3) is 0.429. The van der Waals surface area contributed by atoms with Crippen LogP contribution < -0.4 is 4.48 Å². The Hall–Kier alpha value is -1.60. The summed E-state index contributed by atoms with van der Waals surface area (Å²) in [5, 5.41) is 0. The Morgan fingerprint density at radius 1 is 0.727 bits per heavy atom. The van der Waals surface area contributed by atoms with Crippen molar-refractivity contribution in [2.75, 3.05) is 0 Å². The van der Waals surface area contributed by atoms with Crippen LogP contribution in [0.2, 0.25) is 0 Å². The molecule has 118 valence electrons. The first-order chi connectivity index (χ1) is 10.3. The van der Waals surface area contributed by atoms with Gasteiger partial charge in [-0.25, -0.2) is 0 Å². The lowest BCUT2D eigenvalue weighted by Gasteiger charge is -2.46. The highest BCUT2D eigenvalue weighted by atomic mass is 15.4. The zero-order chi connectivity index (χ0) is 16.5. The predicted molar refractivity (Wildman–Crippen MR) is 98.8 cm³/mol. The Morgan fingerprint density at radius 3 is 1.59 bits per heavy atom. The quantitative estimate of drug-likeness (QED) is 0.601. The minimum absolute atomic E-state index is 0.475. The second kappa shape index (κ2) is 6.26. The van der Waals surface area contributed by atoms with E-state index in [-0.39, 0.29) is 0 Å². The molecule has 22 heavy (non-hydrogen) atoms. The average molecular weight is 296 g/mol. The molecule has 0 fully saturated rings. The molecule has 0 aliphatic heterocycles. The number of rotatable bonds is 4. The number of para-hydroxylation sites is 1. The summed E-state index contributed by atoms with van der Waals surface area (Å²) in [5.41, 5.74) is 6.97. The van der Waals surface area contributed by atoms with Crippen molar-refractivity contribution in [1.82, 2.24) is 4.48 Å². The second-order valence-corrected chi connectivity index (χ2v) is 7.05. The van der Waals surface area contributed by atoms with E-state index in [1.807, 2.05) is 0 Å². The van der Waals surface area contributed by atoms with E-state index in [1.165, 1.54) is 28.1 Å². The number of quaternary nitrogens is 1. The Kier molecular flexibility index (Phi) is 4.77. The number of nitrogens with zero attached hydrogens (tertiary/aromatic N) is 1. The first kappa shape index (κ1) is 16.8. The molecule has 2 rings (SSSR count). The molecule has 0 N–H and O–H groups in total. The summed E-state index contributed by atoms with van der Waals surface area (Å²) in [6.45, 7) is 16.1. The van der Waals surface area contributed by atoms with Crippen LogP contribution in [-0.4, -0.2) is 12.1 Å².